The normalized spacial score (nSPS) is 14.0. The maximum Gasteiger partial charge on any atom is 0.123 e. The van der Waals surface area contributed by atoms with Crippen molar-refractivity contribution in [2.24, 2.45) is 0 Å². The molecule has 20 heavy (non-hydrogen) atoms. The van der Waals surface area contributed by atoms with E-state index in [1.54, 1.807) is 18.9 Å². The predicted molar refractivity (Wildman–Crippen MR) is 84.4 cm³/mol. The fourth-order valence-corrected chi connectivity index (χ4v) is 2.95. The average molecular weight is 299 g/mol. The molecule has 2 unspecified atom stereocenters. The molecule has 114 valence electrons. The van der Waals surface area contributed by atoms with Crippen LogP contribution in [0.25, 0.3) is 0 Å². The third-order valence-corrected chi connectivity index (χ3v) is 4.15. The lowest BCUT2D eigenvalue weighted by Gasteiger charge is -2.21. The van der Waals surface area contributed by atoms with E-state index in [1.165, 1.54) is 0 Å². The lowest BCUT2D eigenvalue weighted by molar-refractivity contribution is 0.113. The van der Waals surface area contributed by atoms with Gasteiger partial charge in [0.05, 0.1) is 19.8 Å². The highest BCUT2D eigenvalue weighted by molar-refractivity contribution is 7.99. The molecule has 0 aliphatic carbocycles. The smallest absolute Gasteiger partial charge is 0.123 e. The summed E-state index contributed by atoms with van der Waals surface area (Å²) >= 11 is 1.63. The Balaban J connectivity index is 2.67. The van der Waals surface area contributed by atoms with E-state index in [0.717, 1.165) is 30.0 Å². The zero-order chi connectivity index (χ0) is 14.8. The molecule has 5 heteroatoms. The van der Waals surface area contributed by atoms with Gasteiger partial charge in [0.25, 0.3) is 0 Å². The van der Waals surface area contributed by atoms with Crippen LogP contribution in [0.2, 0.25) is 0 Å². The number of hydrogen-bond donors (Lipinski definition) is 3. The van der Waals surface area contributed by atoms with Crippen LogP contribution < -0.4 is 10.1 Å². The summed E-state index contributed by atoms with van der Waals surface area (Å²) in [5, 5.41) is 21.8. The molecule has 0 aliphatic rings. The van der Waals surface area contributed by atoms with Crippen LogP contribution >= 0.6 is 11.8 Å². The van der Waals surface area contributed by atoms with Crippen molar-refractivity contribution in [3.63, 3.8) is 0 Å². The molecular weight excluding hydrogens is 274 g/mol. The lowest BCUT2D eigenvalue weighted by atomic mass is 10.1. The Hall–Kier alpha value is -0.750. The van der Waals surface area contributed by atoms with Gasteiger partial charge < -0.3 is 20.3 Å². The molecule has 0 radical (unpaired) electrons. The van der Waals surface area contributed by atoms with Gasteiger partial charge in [0.2, 0.25) is 0 Å². The zero-order valence-corrected chi connectivity index (χ0v) is 13.0. The van der Waals surface area contributed by atoms with Gasteiger partial charge in [0.1, 0.15) is 5.75 Å². The molecule has 1 rings (SSSR count). The van der Waals surface area contributed by atoms with Gasteiger partial charge in [-0.05, 0) is 19.0 Å². The standard InChI is InChI=1S/C15H25NO3S/c1-3-8-16-14(11-20-10-12(18)9-17)13-6-4-5-7-15(13)19-2/h4-7,12,14,16-18H,3,8-11H2,1-2H3. The minimum atomic E-state index is -0.649. The Morgan fingerprint density at radius 1 is 1.30 bits per heavy atom. The Morgan fingerprint density at radius 3 is 2.70 bits per heavy atom. The van der Waals surface area contributed by atoms with Crippen LogP contribution in [0.1, 0.15) is 24.9 Å². The largest absolute Gasteiger partial charge is 0.496 e. The SMILES string of the molecule is CCCNC(CSCC(O)CO)c1ccccc1OC. The van der Waals surface area contributed by atoms with Gasteiger partial charge in [-0.3, -0.25) is 0 Å². The second-order valence-electron chi connectivity index (χ2n) is 4.62. The number of aliphatic hydroxyl groups excluding tert-OH is 2. The molecule has 4 nitrogen and oxygen atoms in total. The van der Waals surface area contributed by atoms with Crippen LogP contribution in [0.3, 0.4) is 0 Å². The van der Waals surface area contributed by atoms with Crippen LogP contribution in [0.15, 0.2) is 24.3 Å². The van der Waals surface area contributed by atoms with Crippen LogP contribution in [0.4, 0.5) is 0 Å². The molecular formula is C15H25NO3S. The van der Waals surface area contributed by atoms with Crippen molar-refractivity contribution in [3.8, 4) is 5.75 Å². The van der Waals surface area contributed by atoms with Gasteiger partial charge in [-0.2, -0.15) is 11.8 Å². The number of methoxy groups -OCH3 is 1. The minimum absolute atomic E-state index is 0.182. The second-order valence-corrected chi connectivity index (χ2v) is 5.70. The Kier molecular flexibility index (Phi) is 8.69. The molecule has 0 saturated carbocycles. The maximum atomic E-state index is 9.40. The predicted octanol–water partition coefficient (Wildman–Crippen LogP) is 1.82. The van der Waals surface area contributed by atoms with Gasteiger partial charge in [-0.25, -0.2) is 0 Å². The fraction of sp³-hybridized carbons (Fsp3) is 0.600. The number of nitrogens with one attached hydrogen (secondary N) is 1. The first kappa shape index (κ1) is 17.3. The van der Waals surface area contributed by atoms with Crippen LogP contribution in [0, 0.1) is 0 Å². The highest BCUT2D eigenvalue weighted by Crippen LogP contribution is 2.27. The number of benzene rings is 1. The van der Waals surface area contributed by atoms with E-state index in [9.17, 15) is 5.11 Å². The summed E-state index contributed by atoms with van der Waals surface area (Å²) < 4.78 is 5.42. The van der Waals surface area contributed by atoms with Crippen molar-refractivity contribution in [2.45, 2.75) is 25.5 Å². The summed E-state index contributed by atoms with van der Waals surface area (Å²) in [5.41, 5.74) is 1.13. The highest BCUT2D eigenvalue weighted by Gasteiger charge is 2.15. The number of rotatable bonds is 10. The first-order valence-electron chi connectivity index (χ1n) is 6.95. The first-order valence-corrected chi connectivity index (χ1v) is 8.11. The average Bonchev–Trinajstić information content (AvgIpc) is 2.50. The third-order valence-electron chi connectivity index (χ3n) is 2.96. The molecule has 0 bridgehead atoms. The quantitative estimate of drug-likeness (QED) is 0.615. The first-order chi connectivity index (χ1) is 9.72. The fourth-order valence-electron chi connectivity index (χ4n) is 1.91. The van der Waals surface area contributed by atoms with Gasteiger partial charge in [-0.15, -0.1) is 0 Å². The molecule has 1 aromatic rings. The molecule has 0 aliphatic heterocycles. The molecule has 0 spiro atoms. The number of para-hydroxylation sites is 1. The van der Waals surface area contributed by atoms with E-state index < -0.39 is 6.10 Å². The van der Waals surface area contributed by atoms with Crippen molar-refractivity contribution in [1.29, 1.82) is 0 Å². The van der Waals surface area contributed by atoms with E-state index in [4.69, 9.17) is 9.84 Å². The van der Waals surface area contributed by atoms with Crippen molar-refractivity contribution < 1.29 is 14.9 Å². The Morgan fingerprint density at radius 2 is 2.05 bits per heavy atom. The monoisotopic (exact) mass is 299 g/mol. The van der Waals surface area contributed by atoms with Crippen molar-refractivity contribution in [2.75, 3.05) is 31.8 Å². The summed E-state index contributed by atoms with van der Waals surface area (Å²) in [5.74, 6) is 2.25. The summed E-state index contributed by atoms with van der Waals surface area (Å²) in [6.07, 6.45) is 0.416. The molecule has 0 saturated heterocycles. The highest BCUT2D eigenvalue weighted by atomic mass is 32.2. The van der Waals surface area contributed by atoms with Crippen molar-refractivity contribution >= 4 is 11.8 Å². The number of thioether (sulfide) groups is 1. The maximum absolute atomic E-state index is 9.40. The molecule has 0 heterocycles. The molecule has 0 fully saturated rings. The third kappa shape index (κ3) is 5.71. The Bertz CT molecular complexity index is 376. The van der Waals surface area contributed by atoms with E-state index >= 15 is 0 Å². The lowest BCUT2D eigenvalue weighted by Crippen LogP contribution is -2.25. The van der Waals surface area contributed by atoms with E-state index in [2.05, 4.69) is 18.3 Å². The van der Waals surface area contributed by atoms with Gasteiger partial charge >= 0.3 is 0 Å². The van der Waals surface area contributed by atoms with Crippen LogP contribution in [-0.2, 0) is 0 Å². The molecule has 1 aromatic carbocycles. The second kappa shape index (κ2) is 10.0. The molecule has 3 N–H and O–H groups in total. The molecule has 2 atom stereocenters. The Labute approximate surface area is 125 Å². The number of ether oxygens (including phenoxy) is 1. The summed E-state index contributed by atoms with van der Waals surface area (Å²) in [4.78, 5) is 0. The van der Waals surface area contributed by atoms with Gasteiger partial charge in [0.15, 0.2) is 0 Å². The summed E-state index contributed by atoms with van der Waals surface area (Å²) in [6, 6.07) is 8.17. The van der Waals surface area contributed by atoms with E-state index in [1.807, 2.05) is 18.2 Å². The van der Waals surface area contributed by atoms with Gasteiger partial charge in [0, 0.05) is 23.1 Å². The van der Waals surface area contributed by atoms with E-state index in [-0.39, 0.29) is 12.6 Å². The molecule has 0 amide bonds. The van der Waals surface area contributed by atoms with E-state index in [0.29, 0.717) is 5.75 Å². The van der Waals surface area contributed by atoms with Crippen molar-refractivity contribution in [3.05, 3.63) is 29.8 Å². The number of hydrogen-bond acceptors (Lipinski definition) is 5. The number of aliphatic hydroxyl groups is 2. The minimum Gasteiger partial charge on any atom is -0.496 e. The molecule has 0 aromatic heterocycles. The van der Waals surface area contributed by atoms with Gasteiger partial charge in [-0.1, -0.05) is 25.1 Å². The van der Waals surface area contributed by atoms with Crippen LogP contribution in [0.5, 0.6) is 5.75 Å². The summed E-state index contributed by atoms with van der Waals surface area (Å²) in [6.45, 7) is 2.88. The van der Waals surface area contributed by atoms with Crippen LogP contribution in [-0.4, -0.2) is 48.1 Å². The topological polar surface area (TPSA) is 61.7 Å². The zero-order valence-electron chi connectivity index (χ0n) is 12.2. The summed E-state index contributed by atoms with van der Waals surface area (Å²) in [7, 11) is 1.68. The van der Waals surface area contributed by atoms with Crippen molar-refractivity contribution in [1.82, 2.24) is 5.32 Å².